The van der Waals surface area contributed by atoms with Crippen molar-refractivity contribution in [1.29, 1.82) is 0 Å². The lowest BCUT2D eigenvalue weighted by Crippen LogP contribution is -2.37. The summed E-state index contributed by atoms with van der Waals surface area (Å²) in [5.41, 5.74) is 6.70. The van der Waals surface area contributed by atoms with Crippen LogP contribution in [0.4, 0.5) is 21.1 Å². The predicted molar refractivity (Wildman–Crippen MR) is 165 cm³/mol. The Morgan fingerprint density at radius 1 is 0.860 bits per heavy atom. The van der Waals surface area contributed by atoms with Gasteiger partial charge in [0.25, 0.3) is 0 Å². The van der Waals surface area contributed by atoms with Crippen LogP contribution in [-0.2, 0) is 10.2 Å². The second-order valence-electron chi connectivity index (χ2n) is 12.1. The van der Waals surface area contributed by atoms with Gasteiger partial charge in [-0.1, -0.05) is 41.5 Å². The maximum absolute atomic E-state index is 13.0. The number of amides is 3. The van der Waals surface area contributed by atoms with Crippen molar-refractivity contribution in [3.05, 3.63) is 84.8 Å². The van der Waals surface area contributed by atoms with E-state index in [1.807, 2.05) is 39.0 Å². The van der Waals surface area contributed by atoms with E-state index in [2.05, 4.69) is 36.4 Å². The minimum atomic E-state index is -0.849. The van der Waals surface area contributed by atoms with E-state index in [0.717, 1.165) is 11.4 Å². The Morgan fingerprint density at radius 2 is 1.47 bits per heavy atom. The molecule has 43 heavy (non-hydrogen) atoms. The average molecular weight is 587 g/mol. The van der Waals surface area contributed by atoms with Crippen LogP contribution in [0.5, 0.6) is 17.2 Å². The fourth-order valence-corrected chi connectivity index (χ4v) is 3.91. The molecule has 0 aliphatic carbocycles. The fourth-order valence-electron chi connectivity index (χ4n) is 3.91. The van der Waals surface area contributed by atoms with Gasteiger partial charge in [0, 0.05) is 35.0 Å². The van der Waals surface area contributed by atoms with Gasteiger partial charge in [0.05, 0.1) is 11.4 Å². The third kappa shape index (κ3) is 8.71. The minimum Gasteiger partial charge on any atom is -0.486 e. The number of nitrogens with one attached hydrogen (secondary N) is 2. The van der Waals surface area contributed by atoms with Crippen LogP contribution in [-0.4, -0.2) is 39.6 Å². The van der Waals surface area contributed by atoms with E-state index in [0.29, 0.717) is 28.8 Å². The summed E-state index contributed by atoms with van der Waals surface area (Å²) in [4.78, 5) is 28.1. The highest BCUT2D eigenvalue weighted by atomic mass is 16.6. The summed E-state index contributed by atoms with van der Waals surface area (Å²) in [6, 6.07) is 19.3. The maximum atomic E-state index is 13.0. The number of ether oxygens (including phenoxy) is 3. The molecule has 0 bridgehead atoms. The first-order valence-electron chi connectivity index (χ1n) is 13.8. The number of pyridine rings is 1. The van der Waals surface area contributed by atoms with Gasteiger partial charge in [-0.25, -0.2) is 14.3 Å². The summed E-state index contributed by atoms with van der Waals surface area (Å²) in [7, 11) is 0. The Bertz CT molecular complexity index is 1520. The van der Waals surface area contributed by atoms with Crippen LogP contribution in [0.2, 0.25) is 0 Å². The van der Waals surface area contributed by atoms with Crippen molar-refractivity contribution in [2.45, 2.75) is 53.1 Å². The number of primary amides is 1. The third-order valence-corrected chi connectivity index (χ3v) is 6.42. The number of nitrogens with zero attached hydrogens (tertiary/aromatic N) is 3. The maximum Gasteiger partial charge on any atom is 0.404 e. The second kappa shape index (κ2) is 12.8. The molecular weight excluding hydrogens is 548 g/mol. The lowest BCUT2D eigenvalue weighted by Gasteiger charge is -2.30. The zero-order valence-electron chi connectivity index (χ0n) is 25.3. The summed E-state index contributed by atoms with van der Waals surface area (Å²) in [5, 5.41) is 10.6. The highest BCUT2D eigenvalue weighted by molar-refractivity contribution is 5.99. The third-order valence-electron chi connectivity index (χ3n) is 6.42. The van der Waals surface area contributed by atoms with Gasteiger partial charge in [0.1, 0.15) is 35.8 Å². The van der Waals surface area contributed by atoms with Gasteiger partial charge >= 0.3 is 12.1 Å². The van der Waals surface area contributed by atoms with Gasteiger partial charge in [-0.15, -0.1) is 0 Å². The number of carbonyl (C=O) groups is 2. The Morgan fingerprint density at radius 3 is 2.05 bits per heavy atom. The first-order chi connectivity index (χ1) is 20.3. The zero-order valence-corrected chi connectivity index (χ0v) is 25.3. The molecule has 0 saturated heterocycles. The van der Waals surface area contributed by atoms with E-state index in [9.17, 15) is 9.59 Å². The highest BCUT2D eigenvalue weighted by Crippen LogP contribution is 2.29. The molecule has 0 saturated carbocycles. The van der Waals surface area contributed by atoms with Crippen LogP contribution in [0.1, 0.15) is 47.2 Å². The SMILES string of the molecule is CC(C)(C)c1cc(NC(=O)Nc2ccc(Oc3ccncc3)cc2)n(-c2ccc(OC(COC(N)=O)C(C)(C)C)cc2)n1. The van der Waals surface area contributed by atoms with Gasteiger partial charge in [0.15, 0.2) is 0 Å². The van der Waals surface area contributed by atoms with Crippen LogP contribution in [0.25, 0.3) is 5.69 Å². The fraction of sp³-hybridized carbons (Fsp3) is 0.312. The largest absolute Gasteiger partial charge is 0.486 e. The number of nitrogens with two attached hydrogens (primary N) is 1. The molecular formula is C32H38N6O5. The molecule has 1 unspecified atom stereocenters. The number of urea groups is 1. The summed E-state index contributed by atoms with van der Waals surface area (Å²) in [5.74, 6) is 2.38. The van der Waals surface area contributed by atoms with E-state index in [1.165, 1.54) is 0 Å². The molecule has 2 heterocycles. The van der Waals surface area contributed by atoms with Crippen molar-refractivity contribution in [3.63, 3.8) is 0 Å². The van der Waals surface area contributed by atoms with Crippen LogP contribution >= 0.6 is 0 Å². The number of carbonyl (C=O) groups excluding carboxylic acids is 2. The monoisotopic (exact) mass is 586 g/mol. The molecule has 226 valence electrons. The Kier molecular flexibility index (Phi) is 9.23. The van der Waals surface area contributed by atoms with Crippen LogP contribution in [0.3, 0.4) is 0 Å². The van der Waals surface area contributed by atoms with Crippen LogP contribution in [0, 0.1) is 5.41 Å². The molecule has 4 aromatic rings. The normalized spacial score (nSPS) is 12.2. The predicted octanol–water partition coefficient (Wildman–Crippen LogP) is 6.89. The van der Waals surface area contributed by atoms with E-state index in [4.69, 9.17) is 25.0 Å². The lowest BCUT2D eigenvalue weighted by molar-refractivity contribution is 0.0240. The summed E-state index contributed by atoms with van der Waals surface area (Å²) in [6.45, 7) is 12.1. The average Bonchev–Trinajstić information content (AvgIpc) is 3.36. The quantitative estimate of drug-likeness (QED) is 0.194. The molecule has 11 heteroatoms. The van der Waals surface area contributed by atoms with Crippen molar-refractivity contribution in [1.82, 2.24) is 14.8 Å². The first kappa shape index (κ1) is 30.9. The summed E-state index contributed by atoms with van der Waals surface area (Å²) >= 11 is 0. The Balaban J connectivity index is 1.48. The van der Waals surface area contributed by atoms with Gasteiger partial charge in [-0.3, -0.25) is 10.3 Å². The molecule has 4 N–H and O–H groups in total. The van der Waals surface area contributed by atoms with E-state index in [1.54, 1.807) is 65.6 Å². The molecule has 3 amide bonds. The van der Waals surface area contributed by atoms with Gasteiger partial charge in [-0.2, -0.15) is 5.10 Å². The number of hydrogen-bond donors (Lipinski definition) is 3. The van der Waals surface area contributed by atoms with Gasteiger partial charge < -0.3 is 25.3 Å². The number of anilines is 2. The number of aromatic nitrogens is 3. The molecule has 0 aliphatic rings. The lowest BCUT2D eigenvalue weighted by atomic mass is 9.89. The van der Waals surface area contributed by atoms with Crippen molar-refractivity contribution >= 4 is 23.6 Å². The molecule has 0 radical (unpaired) electrons. The van der Waals surface area contributed by atoms with Gasteiger partial charge in [0.2, 0.25) is 0 Å². The molecule has 1 atom stereocenters. The van der Waals surface area contributed by atoms with E-state index < -0.39 is 18.2 Å². The summed E-state index contributed by atoms with van der Waals surface area (Å²) in [6.07, 6.45) is 2.04. The molecule has 0 aliphatic heterocycles. The van der Waals surface area contributed by atoms with Crippen LogP contribution in [0.15, 0.2) is 79.1 Å². The second-order valence-corrected chi connectivity index (χ2v) is 12.1. The van der Waals surface area contributed by atoms with Crippen molar-refractivity contribution < 1.29 is 23.8 Å². The molecule has 2 aromatic heterocycles. The highest BCUT2D eigenvalue weighted by Gasteiger charge is 2.28. The van der Waals surface area contributed by atoms with Crippen molar-refractivity contribution in [2.75, 3.05) is 17.2 Å². The zero-order chi connectivity index (χ0) is 31.2. The van der Waals surface area contributed by atoms with Crippen molar-refractivity contribution in [2.24, 2.45) is 11.1 Å². The van der Waals surface area contributed by atoms with Crippen molar-refractivity contribution in [3.8, 4) is 22.9 Å². The number of hydrogen-bond acceptors (Lipinski definition) is 7. The Labute approximate surface area is 251 Å². The molecule has 0 fully saturated rings. The van der Waals surface area contributed by atoms with E-state index >= 15 is 0 Å². The van der Waals surface area contributed by atoms with Crippen LogP contribution < -0.4 is 25.8 Å². The Hall–Kier alpha value is -5.06. The van der Waals surface area contributed by atoms with Gasteiger partial charge in [-0.05, 0) is 60.7 Å². The standard InChI is InChI=1S/C32H38N6O5/c1-31(2,3)26-19-28(36-30(40)35-21-7-11-23(12-8-21)42-25-15-17-34-18-16-25)38(37-26)22-9-13-24(14-10-22)43-27(32(4,5)6)20-41-29(33)39/h7-19,27H,20H2,1-6H3,(H2,33,39)(H2,35,36,40). The number of rotatable bonds is 9. The molecule has 4 rings (SSSR count). The van der Waals surface area contributed by atoms with E-state index in [-0.39, 0.29) is 17.4 Å². The molecule has 2 aromatic carbocycles. The molecule has 0 spiro atoms. The minimum absolute atomic E-state index is 0.0261. The molecule has 11 nitrogen and oxygen atoms in total. The topological polar surface area (TPSA) is 143 Å². The first-order valence-corrected chi connectivity index (χ1v) is 13.8. The smallest absolute Gasteiger partial charge is 0.404 e. The summed E-state index contributed by atoms with van der Waals surface area (Å²) < 4.78 is 18.6. The number of benzene rings is 2.